The van der Waals surface area contributed by atoms with Crippen LogP contribution in [0.15, 0.2) is 66.7 Å². The lowest BCUT2D eigenvalue weighted by molar-refractivity contribution is 0.0826. The Labute approximate surface area is 228 Å². The summed E-state index contributed by atoms with van der Waals surface area (Å²) < 4.78 is 5.15. The van der Waals surface area contributed by atoms with Gasteiger partial charge in [-0.15, -0.1) is 0 Å². The van der Waals surface area contributed by atoms with Gasteiger partial charge in [0.15, 0.2) is 0 Å². The average molecular weight is 523 g/mol. The molecular weight excluding hydrogens is 488 g/mol. The molecule has 3 N–H and O–H groups in total. The van der Waals surface area contributed by atoms with E-state index in [0.29, 0.717) is 34.3 Å². The molecule has 0 saturated heterocycles. The van der Waals surface area contributed by atoms with Gasteiger partial charge in [-0.25, -0.2) is 4.98 Å². The molecule has 3 atom stereocenters. The largest absolute Gasteiger partial charge is 0.497 e. The van der Waals surface area contributed by atoms with E-state index in [4.69, 9.17) is 9.72 Å². The highest BCUT2D eigenvalue weighted by atomic mass is 16.5. The average Bonchev–Trinajstić information content (AvgIpc) is 3.52. The fourth-order valence-corrected chi connectivity index (χ4v) is 6.60. The molecule has 2 saturated carbocycles. The molecule has 6 rings (SSSR count). The SMILES string of the molecule is COc1ccc(C(=O)Nc2ccc(-c3nc4cc(C(=O)NC5CC6CCC5(C)C6(C)C)ccc4[nH]3)cc2)cc1. The first-order chi connectivity index (χ1) is 18.7. The molecule has 3 unspecified atom stereocenters. The standard InChI is InChI=1S/C32H34N4O3/c1-31(2)22-15-16-32(31,3)27(18-22)36-30(38)21-9-14-25-26(17-21)35-28(34-25)19-5-10-23(11-6-19)33-29(37)20-7-12-24(39-4)13-8-20/h5-14,17,22,27H,15-16,18H2,1-4H3,(H,33,37)(H,34,35)(H,36,38). The van der Waals surface area contributed by atoms with E-state index < -0.39 is 0 Å². The molecular formula is C32H34N4O3. The maximum Gasteiger partial charge on any atom is 0.255 e. The van der Waals surface area contributed by atoms with Gasteiger partial charge in [-0.3, -0.25) is 9.59 Å². The summed E-state index contributed by atoms with van der Waals surface area (Å²) in [5.74, 6) is 1.86. The molecule has 0 aliphatic heterocycles. The van der Waals surface area contributed by atoms with Gasteiger partial charge in [0.1, 0.15) is 11.6 Å². The number of methoxy groups -OCH3 is 1. The highest BCUT2D eigenvalue weighted by molar-refractivity contribution is 6.04. The smallest absolute Gasteiger partial charge is 0.255 e. The molecule has 0 spiro atoms. The number of hydrogen-bond acceptors (Lipinski definition) is 4. The van der Waals surface area contributed by atoms with E-state index in [1.165, 1.54) is 12.8 Å². The number of ether oxygens (including phenoxy) is 1. The topological polar surface area (TPSA) is 96.1 Å². The lowest BCUT2D eigenvalue weighted by atomic mass is 9.69. The van der Waals surface area contributed by atoms with Gasteiger partial charge in [-0.2, -0.15) is 0 Å². The fourth-order valence-electron chi connectivity index (χ4n) is 6.60. The summed E-state index contributed by atoms with van der Waals surface area (Å²) in [7, 11) is 1.59. The van der Waals surface area contributed by atoms with Crippen molar-refractivity contribution in [2.24, 2.45) is 16.7 Å². The van der Waals surface area contributed by atoms with E-state index in [1.54, 1.807) is 31.4 Å². The summed E-state index contributed by atoms with van der Waals surface area (Å²) in [5.41, 5.74) is 4.75. The third-order valence-corrected chi connectivity index (χ3v) is 9.61. The zero-order valence-corrected chi connectivity index (χ0v) is 22.8. The van der Waals surface area contributed by atoms with E-state index in [-0.39, 0.29) is 28.7 Å². The lowest BCUT2D eigenvalue weighted by Gasteiger charge is -2.39. The Balaban J connectivity index is 1.14. The van der Waals surface area contributed by atoms with Crippen LogP contribution in [0.25, 0.3) is 22.4 Å². The summed E-state index contributed by atoms with van der Waals surface area (Å²) in [6, 6.07) is 20.3. The van der Waals surface area contributed by atoms with Crippen molar-refractivity contribution in [3.05, 3.63) is 77.9 Å². The number of rotatable bonds is 6. The van der Waals surface area contributed by atoms with Gasteiger partial charge in [0.05, 0.1) is 18.1 Å². The van der Waals surface area contributed by atoms with E-state index >= 15 is 0 Å². The minimum absolute atomic E-state index is 0.0343. The minimum atomic E-state index is -0.192. The van der Waals surface area contributed by atoms with Crippen LogP contribution in [-0.4, -0.2) is 34.9 Å². The van der Waals surface area contributed by atoms with Crippen molar-refractivity contribution in [2.75, 3.05) is 12.4 Å². The maximum atomic E-state index is 13.2. The molecule has 2 bridgehead atoms. The summed E-state index contributed by atoms with van der Waals surface area (Å²) in [5, 5.41) is 6.26. The van der Waals surface area contributed by atoms with Gasteiger partial charge in [0.2, 0.25) is 0 Å². The van der Waals surface area contributed by atoms with Crippen LogP contribution in [0.2, 0.25) is 0 Å². The molecule has 7 heteroatoms. The number of fused-ring (bicyclic) bond motifs is 3. The zero-order valence-electron chi connectivity index (χ0n) is 22.8. The number of benzene rings is 3. The summed E-state index contributed by atoms with van der Waals surface area (Å²) in [4.78, 5) is 33.9. The highest BCUT2D eigenvalue weighted by Gasteiger charge is 2.61. The van der Waals surface area contributed by atoms with Crippen LogP contribution in [0.3, 0.4) is 0 Å². The second kappa shape index (κ2) is 9.26. The van der Waals surface area contributed by atoms with Gasteiger partial charge in [-0.1, -0.05) is 20.8 Å². The third kappa shape index (κ3) is 4.26. The number of amides is 2. The molecule has 3 aromatic carbocycles. The monoisotopic (exact) mass is 522 g/mol. The van der Waals surface area contributed by atoms with Crippen LogP contribution >= 0.6 is 0 Å². The van der Waals surface area contributed by atoms with Crippen LogP contribution in [0.4, 0.5) is 5.69 Å². The number of carbonyl (C=O) groups is 2. The molecule has 7 nitrogen and oxygen atoms in total. The van der Waals surface area contributed by atoms with Crippen LogP contribution in [0.1, 0.15) is 60.7 Å². The number of aromatic nitrogens is 2. The molecule has 39 heavy (non-hydrogen) atoms. The Bertz CT molecular complexity index is 1550. The first-order valence-electron chi connectivity index (χ1n) is 13.5. The summed E-state index contributed by atoms with van der Waals surface area (Å²) >= 11 is 0. The van der Waals surface area contributed by atoms with Crippen molar-refractivity contribution >= 4 is 28.5 Å². The predicted molar refractivity (Wildman–Crippen MR) is 153 cm³/mol. The first kappa shape index (κ1) is 25.2. The molecule has 2 aliphatic carbocycles. The lowest BCUT2D eigenvalue weighted by Crippen LogP contribution is -2.46. The molecule has 2 amide bonds. The molecule has 1 aromatic heterocycles. The second-order valence-electron chi connectivity index (χ2n) is 11.7. The van der Waals surface area contributed by atoms with Crippen LogP contribution < -0.4 is 15.4 Å². The van der Waals surface area contributed by atoms with Crippen molar-refractivity contribution in [1.82, 2.24) is 15.3 Å². The Morgan fingerprint density at radius 3 is 2.31 bits per heavy atom. The van der Waals surface area contributed by atoms with Crippen molar-refractivity contribution < 1.29 is 14.3 Å². The number of nitrogens with zero attached hydrogens (tertiary/aromatic N) is 1. The van der Waals surface area contributed by atoms with Gasteiger partial charge in [0, 0.05) is 28.4 Å². The third-order valence-electron chi connectivity index (χ3n) is 9.61. The second-order valence-corrected chi connectivity index (χ2v) is 11.7. The van der Waals surface area contributed by atoms with E-state index in [9.17, 15) is 9.59 Å². The van der Waals surface area contributed by atoms with Crippen molar-refractivity contribution in [1.29, 1.82) is 0 Å². The molecule has 0 radical (unpaired) electrons. The molecule has 1 heterocycles. The van der Waals surface area contributed by atoms with Gasteiger partial charge >= 0.3 is 0 Å². The zero-order chi connectivity index (χ0) is 27.4. The van der Waals surface area contributed by atoms with Crippen molar-refractivity contribution in [3.8, 4) is 17.1 Å². The normalized spacial score (nSPS) is 23.1. The Morgan fingerprint density at radius 1 is 0.949 bits per heavy atom. The van der Waals surface area contributed by atoms with Crippen LogP contribution in [0, 0.1) is 16.7 Å². The number of carbonyl (C=O) groups excluding carboxylic acids is 2. The molecule has 2 aliphatic rings. The van der Waals surface area contributed by atoms with Gasteiger partial charge < -0.3 is 20.4 Å². The van der Waals surface area contributed by atoms with Crippen LogP contribution in [-0.2, 0) is 0 Å². The predicted octanol–water partition coefficient (Wildman–Crippen LogP) is 6.44. The van der Waals surface area contributed by atoms with Crippen LogP contribution in [0.5, 0.6) is 5.75 Å². The van der Waals surface area contributed by atoms with E-state index in [2.05, 4.69) is 36.4 Å². The number of H-pyrrole nitrogens is 1. The van der Waals surface area contributed by atoms with Gasteiger partial charge in [-0.05, 0) is 103 Å². The number of imidazole rings is 1. The number of anilines is 1. The summed E-state index contributed by atoms with van der Waals surface area (Å²) in [6.45, 7) is 7.05. The van der Waals surface area contributed by atoms with Gasteiger partial charge in [0.25, 0.3) is 11.8 Å². The first-order valence-corrected chi connectivity index (χ1v) is 13.5. The minimum Gasteiger partial charge on any atom is -0.497 e. The summed E-state index contributed by atoms with van der Waals surface area (Å²) in [6.07, 6.45) is 3.48. The molecule has 200 valence electrons. The fraction of sp³-hybridized carbons (Fsp3) is 0.344. The quantitative estimate of drug-likeness (QED) is 0.272. The number of nitrogens with one attached hydrogen (secondary N) is 3. The molecule has 2 fully saturated rings. The van der Waals surface area contributed by atoms with E-state index in [1.807, 2.05) is 42.5 Å². The number of hydrogen-bond donors (Lipinski definition) is 3. The Kier molecular flexibility index (Phi) is 5.97. The van der Waals surface area contributed by atoms with Crippen molar-refractivity contribution in [3.63, 3.8) is 0 Å². The number of aromatic amines is 1. The van der Waals surface area contributed by atoms with Crippen molar-refractivity contribution in [2.45, 2.75) is 46.1 Å². The highest BCUT2D eigenvalue weighted by Crippen LogP contribution is 2.65. The van der Waals surface area contributed by atoms with E-state index in [0.717, 1.165) is 23.0 Å². The maximum absolute atomic E-state index is 13.2. The Morgan fingerprint density at radius 2 is 1.67 bits per heavy atom. The Hall–Kier alpha value is -4.13. The molecule has 4 aromatic rings.